The Bertz CT molecular complexity index is 364. The van der Waals surface area contributed by atoms with Gasteiger partial charge in [-0.3, -0.25) is 4.79 Å². The molecule has 0 radical (unpaired) electrons. The number of carbonyl (C=O) groups excluding carboxylic acids is 2. The maximum atomic E-state index is 11.9. The third kappa shape index (κ3) is 6.97. The molecule has 1 atom stereocenters. The molecule has 0 aromatic rings. The highest BCUT2D eigenvalue weighted by molar-refractivity contribution is 5.83. The van der Waals surface area contributed by atoms with Crippen LogP contribution in [0.4, 0.5) is 4.79 Å². The summed E-state index contributed by atoms with van der Waals surface area (Å²) in [6.07, 6.45) is 6.33. The topological polar surface area (TPSA) is 105 Å². The predicted molar refractivity (Wildman–Crippen MR) is 75.8 cm³/mol. The number of nitrogens with one attached hydrogen (secondary N) is 2. The minimum atomic E-state index is -1.16. The van der Waals surface area contributed by atoms with Gasteiger partial charge in [-0.2, -0.15) is 0 Å². The molecule has 0 heterocycles. The fourth-order valence-electron chi connectivity index (χ4n) is 2.43. The van der Waals surface area contributed by atoms with Crippen molar-refractivity contribution in [2.75, 3.05) is 7.11 Å². The molecule has 1 aliphatic carbocycles. The summed E-state index contributed by atoms with van der Waals surface area (Å²) in [5.74, 6) is -1.65. The van der Waals surface area contributed by atoms with Crippen LogP contribution in [0.3, 0.4) is 0 Å². The Morgan fingerprint density at radius 1 is 1.19 bits per heavy atom. The van der Waals surface area contributed by atoms with E-state index in [1.165, 1.54) is 20.0 Å². The zero-order chi connectivity index (χ0) is 15.7. The molecule has 0 unspecified atom stereocenters. The van der Waals surface area contributed by atoms with E-state index in [1.807, 2.05) is 0 Å². The number of carboxylic acids is 1. The highest BCUT2D eigenvalue weighted by atomic mass is 16.5. The summed E-state index contributed by atoms with van der Waals surface area (Å²) in [4.78, 5) is 34.0. The molecule has 0 aliphatic heterocycles. The Hall–Kier alpha value is -1.79. The lowest BCUT2D eigenvalue weighted by Crippen LogP contribution is -2.49. The van der Waals surface area contributed by atoms with Gasteiger partial charge in [-0.15, -0.1) is 0 Å². The first-order valence-electron chi connectivity index (χ1n) is 7.39. The fourth-order valence-corrected chi connectivity index (χ4v) is 2.43. The summed E-state index contributed by atoms with van der Waals surface area (Å²) in [6, 6.07) is -1.48. The Balaban J connectivity index is 2.40. The van der Waals surface area contributed by atoms with Gasteiger partial charge in [-0.05, 0) is 19.3 Å². The molecule has 1 saturated carbocycles. The zero-order valence-electron chi connectivity index (χ0n) is 12.4. The van der Waals surface area contributed by atoms with Crippen LogP contribution in [0, 0.1) is 0 Å². The second kappa shape index (κ2) is 9.20. The summed E-state index contributed by atoms with van der Waals surface area (Å²) >= 11 is 0. The predicted octanol–water partition coefficient (Wildman–Crippen LogP) is 1.41. The van der Waals surface area contributed by atoms with Crippen molar-refractivity contribution in [3.05, 3.63) is 0 Å². The normalized spacial score (nSPS) is 17.4. The maximum absolute atomic E-state index is 11.9. The largest absolute Gasteiger partial charge is 0.480 e. The second-order valence-corrected chi connectivity index (χ2v) is 5.31. The van der Waals surface area contributed by atoms with Crippen LogP contribution in [-0.4, -0.2) is 42.3 Å². The molecule has 0 bridgehead atoms. The number of amides is 2. The Labute approximate surface area is 124 Å². The molecule has 1 aliphatic rings. The molecule has 0 aromatic heterocycles. The van der Waals surface area contributed by atoms with Crippen molar-refractivity contribution in [1.82, 2.24) is 10.6 Å². The van der Waals surface area contributed by atoms with Gasteiger partial charge in [-0.1, -0.05) is 25.7 Å². The molecule has 120 valence electrons. The van der Waals surface area contributed by atoms with Crippen LogP contribution in [0.15, 0.2) is 0 Å². The summed E-state index contributed by atoms with van der Waals surface area (Å²) in [6.45, 7) is 0. The minimum Gasteiger partial charge on any atom is -0.480 e. The highest BCUT2D eigenvalue weighted by Crippen LogP contribution is 2.17. The average molecular weight is 300 g/mol. The number of methoxy groups -OCH3 is 1. The lowest BCUT2D eigenvalue weighted by atomic mass is 10.1. The summed E-state index contributed by atoms with van der Waals surface area (Å²) in [7, 11) is 1.24. The molecule has 0 aromatic carbocycles. The average Bonchev–Trinajstić information content (AvgIpc) is 2.71. The standard InChI is InChI=1S/C14H24N2O5/c1-21-12(17)9-8-11(13(18)19)16-14(20)15-10-6-4-2-3-5-7-10/h10-11H,2-9H2,1H3,(H,18,19)(H2,15,16,20)/t11-/m1/s1. The fraction of sp³-hybridized carbons (Fsp3) is 0.786. The minimum absolute atomic E-state index is 0.0140. The van der Waals surface area contributed by atoms with Crippen molar-refractivity contribution in [2.24, 2.45) is 0 Å². The molecular weight excluding hydrogens is 276 g/mol. The summed E-state index contributed by atoms with van der Waals surface area (Å²) in [5.41, 5.74) is 0. The second-order valence-electron chi connectivity index (χ2n) is 5.31. The van der Waals surface area contributed by atoms with Crippen molar-refractivity contribution in [3.8, 4) is 0 Å². The third-order valence-electron chi connectivity index (χ3n) is 3.66. The number of hydrogen-bond donors (Lipinski definition) is 3. The molecule has 3 N–H and O–H groups in total. The Morgan fingerprint density at radius 3 is 2.33 bits per heavy atom. The highest BCUT2D eigenvalue weighted by Gasteiger charge is 2.22. The smallest absolute Gasteiger partial charge is 0.326 e. The molecule has 0 spiro atoms. The number of carboxylic acid groups (broad SMARTS) is 1. The van der Waals surface area contributed by atoms with Crippen LogP contribution in [0.25, 0.3) is 0 Å². The van der Waals surface area contributed by atoms with Gasteiger partial charge in [0, 0.05) is 12.5 Å². The number of rotatable bonds is 6. The number of ether oxygens (including phenoxy) is 1. The van der Waals surface area contributed by atoms with Gasteiger partial charge in [0.25, 0.3) is 0 Å². The number of urea groups is 1. The Morgan fingerprint density at radius 2 is 1.81 bits per heavy atom. The van der Waals surface area contributed by atoms with E-state index in [1.54, 1.807) is 0 Å². The number of aliphatic carboxylic acids is 1. The molecule has 1 rings (SSSR count). The first kappa shape index (κ1) is 17.3. The van der Waals surface area contributed by atoms with Crippen molar-refractivity contribution in [2.45, 2.75) is 63.5 Å². The van der Waals surface area contributed by atoms with Gasteiger partial charge in [0.1, 0.15) is 6.04 Å². The van der Waals surface area contributed by atoms with Crippen LogP contribution in [0.2, 0.25) is 0 Å². The van der Waals surface area contributed by atoms with E-state index in [9.17, 15) is 14.4 Å². The monoisotopic (exact) mass is 300 g/mol. The lowest BCUT2D eigenvalue weighted by Gasteiger charge is -2.19. The maximum Gasteiger partial charge on any atom is 0.326 e. The van der Waals surface area contributed by atoms with Crippen LogP contribution in [0.5, 0.6) is 0 Å². The zero-order valence-corrected chi connectivity index (χ0v) is 12.4. The van der Waals surface area contributed by atoms with E-state index in [-0.39, 0.29) is 18.9 Å². The molecule has 0 saturated heterocycles. The first-order valence-corrected chi connectivity index (χ1v) is 7.39. The van der Waals surface area contributed by atoms with E-state index >= 15 is 0 Å². The van der Waals surface area contributed by atoms with Crippen LogP contribution in [0.1, 0.15) is 51.4 Å². The molecule has 7 nitrogen and oxygen atoms in total. The van der Waals surface area contributed by atoms with E-state index in [4.69, 9.17) is 5.11 Å². The van der Waals surface area contributed by atoms with E-state index < -0.39 is 24.0 Å². The molecule has 21 heavy (non-hydrogen) atoms. The lowest BCUT2D eigenvalue weighted by molar-refractivity contribution is -0.142. The van der Waals surface area contributed by atoms with Crippen molar-refractivity contribution < 1.29 is 24.2 Å². The van der Waals surface area contributed by atoms with E-state index in [0.29, 0.717) is 0 Å². The quantitative estimate of drug-likeness (QED) is 0.508. The number of esters is 1. The van der Waals surface area contributed by atoms with Crippen LogP contribution >= 0.6 is 0 Å². The number of carbonyl (C=O) groups is 3. The number of hydrogen-bond acceptors (Lipinski definition) is 4. The van der Waals surface area contributed by atoms with Crippen molar-refractivity contribution >= 4 is 18.0 Å². The van der Waals surface area contributed by atoms with E-state index in [0.717, 1.165) is 25.7 Å². The van der Waals surface area contributed by atoms with Gasteiger partial charge < -0.3 is 20.5 Å². The van der Waals surface area contributed by atoms with Gasteiger partial charge in [0.05, 0.1) is 7.11 Å². The Kier molecular flexibility index (Phi) is 7.56. The van der Waals surface area contributed by atoms with Crippen molar-refractivity contribution in [3.63, 3.8) is 0 Å². The first-order chi connectivity index (χ1) is 10.0. The van der Waals surface area contributed by atoms with Gasteiger partial charge in [0.2, 0.25) is 0 Å². The third-order valence-corrected chi connectivity index (χ3v) is 3.66. The van der Waals surface area contributed by atoms with Gasteiger partial charge >= 0.3 is 18.0 Å². The van der Waals surface area contributed by atoms with Crippen LogP contribution < -0.4 is 10.6 Å². The molecule has 2 amide bonds. The summed E-state index contributed by atoms with van der Waals surface area (Å²) in [5, 5.41) is 14.3. The molecule has 7 heteroatoms. The van der Waals surface area contributed by atoms with Crippen LogP contribution in [-0.2, 0) is 14.3 Å². The van der Waals surface area contributed by atoms with E-state index in [2.05, 4.69) is 15.4 Å². The van der Waals surface area contributed by atoms with Crippen molar-refractivity contribution in [1.29, 1.82) is 0 Å². The summed E-state index contributed by atoms with van der Waals surface area (Å²) < 4.78 is 4.46. The molecular formula is C14H24N2O5. The van der Waals surface area contributed by atoms with Gasteiger partial charge in [0.15, 0.2) is 0 Å². The van der Waals surface area contributed by atoms with Gasteiger partial charge in [-0.25, -0.2) is 9.59 Å². The SMILES string of the molecule is COC(=O)CC[C@@H](NC(=O)NC1CCCCCC1)C(=O)O. The molecule has 1 fully saturated rings.